The van der Waals surface area contributed by atoms with Gasteiger partial charge in [-0.05, 0) is 18.2 Å². The fourth-order valence-electron chi connectivity index (χ4n) is 1.28. The Bertz CT molecular complexity index is 492. The number of hydrogen-bond donors (Lipinski definition) is 1. The van der Waals surface area contributed by atoms with Crippen LogP contribution in [0.25, 0.3) is 6.08 Å². The normalized spacial score (nSPS) is 11.2. The zero-order valence-electron chi connectivity index (χ0n) is 10.3. The molecule has 1 amide bonds. The van der Waals surface area contributed by atoms with Crippen molar-refractivity contribution in [3.8, 4) is 11.5 Å². The molecule has 4 nitrogen and oxygen atoms in total. The summed E-state index contributed by atoms with van der Waals surface area (Å²) in [7, 11) is 1.39. The molecule has 0 fully saturated rings. The molecule has 1 N–H and O–H groups in total. The first-order valence-corrected chi connectivity index (χ1v) is 5.36. The molecule has 0 saturated carbocycles. The van der Waals surface area contributed by atoms with Crippen molar-refractivity contribution in [2.24, 2.45) is 0 Å². The highest BCUT2D eigenvalue weighted by molar-refractivity contribution is 5.91. The van der Waals surface area contributed by atoms with Crippen LogP contribution < -0.4 is 14.8 Å². The van der Waals surface area contributed by atoms with Gasteiger partial charge in [-0.1, -0.05) is 0 Å². The molecule has 0 heterocycles. The molecule has 8 heteroatoms. The average Bonchev–Trinajstić information content (AvgIpc) is 2.36. The van der Waals surface area contributed by atoms with Gasteiger partial charge < -0.3 is 14.8 Å². The van der Waals surface area contributed by atoms with Gasteiger partial charge in [0.2, 0.25) is 5.91 Å². The van der Waals surface area contributed by atoms with Gasteiger partial charge in [0.15, 0.2) is 0 Å². The molecule has 110 valence electrons. The van der Waals surface area contributed by atoms with Crippen molar-refractivity contribution in [1.82, 2.24) is 5.32 Å². The third-order valence-corrected chi connectivity index (χ3v) is 2.09. The van der Waals surface area contributed by atoms with E-state index in [0.717, 1.165) is 18.2 Å². The van der Waals surface area contributed by atoms with E-state index in [-0.39, 0.29) is 17.1 Å². The van der Waals surface area contributed by atoms with Gasteiger partial charge in [-0.25, -0.2) is 0 Å². The highest BCUT2D eigenvalue weighted by Crippen LogP contribution is 2.28. The number of hydrogen-bond acceptors (Lipinski definition) is 3. The van der Waals surface area contributed by atoms with Crippen LogP contribution in [-0.4, -0.2) is 26.2 Å². The largest absolute Gasteiger partial charge is 0.435 e. The summed E-state index contributed by atoms with van der Waals surface area (Å²) in [6.07, 6.45) is 2.30. The predicted octanol–water partition coefficient (Wildman–Crippen LogP) is 2.65. The summed E-state index contributed by atoms with van der Waals surface area (Å²) < 4.78 is 56.8. The molecule has 0 radical (unpaired) electrons. The number of halogens is 4. The Hall–Kier alpha value is -2.25. The van der Waals surface area contributed by atoms with Crippen molar-refractivity contribution < 1.29 is 31.8 Å². The minimum Gasteiger partial charge on any atom is -0.435 e. The highest BCUT2D eigenvalue weighted by atomic mass is 19.3. The maximum Gasteiger partial charge on any atom is 0.387 e. The van der Waals surface area contributed by atoms with E-state index >= 15 is 0 Å². The standard InChI is InChI=1S/C12H11F4NO3/c1-17-10(18)5-3-7-2-4-8(19-11(13)14)6-9(7)20-12(15)16/h2-6,11-12H,1H3,(H,17,18)/b5-3+. The molecule has 0 unspecified atom stereocenters. The van der Waals surface area contributed by atoms with E-state index in [0.29, 0.717) is 0 Å². The van der Waals surface area contributed by atoms with E-state index in [4.69, 9.17) is 0 Å². The SMILES string of the molecule is CNC(=O)/C=C/c1ccc(OC(F)F)cc1OC(F)F. The van der Waals surface area contributed by atoms with Gasteiger partial charge in [-0.3, -0.25) is 4.79 Å². The predicted molar refractivity (Wildman–Crippen MR) is 62.8 cm³/mol. The minimum absolute atomic E-state index is 0.121. The highest BCUT2D eigenvalue weighted by Gasteiger charge is 2.12. The molecule has 1 aromatic rings. The summed E-state index contributed by atoms with van der Waals surface area (Å²) in [5.74, 6) is -1.16. The molecule has 1 rings (SSSR count). The Labute approximate surface area is 112 Å². The second-order valence-corrected chi connectivity index (χ2v) is 3.40. The van der Waals surface area contributed by atoms with Gasteiger partial charge in [-0.2, -0.15) is 17.6 Å². The Balaban J connectivity index is 3.03. The number of carbonyl (C=O) groups excluding carboxylic acids is 1. The van der Waals surface area contributed by atoms with Crippen molar-refractivity contribution in [2.75, 3.05) is 7.05 Å². The summed E-state index contributed by atoms with van der Waals surface area (Å²) in [5.41, 5.74) is 0.121. The lowest BCUT2D eigenvalue weighted by Crippen LogP contribution is -2.13. The number of nitrogens with one attached hydrogen (secondary N) is 1. The quantitative estimate of drug-likeness (QED) is 0.648. The summed E-state index contributed by atoms with van der Waals surface area (Å²) in [6, 6.07) is 3.25. The first-order chi connectivity index (χ1) is 9.42. The Morgan fingerprint density at radius 1 is 1.20 bits per heavy atom. The van der Waals surface area contributed by atoms with E-state index in [9.17, 15) is 22.4 Å². The molecular weight excluding hydrogens is 282 g/mol. The van der Waals surface area contributed by atoms with Gasteiger partial charge >= 0.3 is 13.2 Å². The maximum absolute atomic E-state index is 12.2. The lowest BCUT2D eigenvalue weighted by atomic mass is 10.1. The smallest absolute Gasteiger partial charge is 0.387 e. The van der Waals surface area contributed by atoms with E-state index in [2.05, 4.69) is 14.8 Å². The number of rotatable bonds is 6. The number of ether oxygens (including phenoxy) is 2. The van der Waals surface area contributed by atoms with E-state index in [1.54, 1.807) is 0 Å². The average molecular weight is 293 g/mol. The van der Waals surface area contributed by atoms with Gasteiger partial charge in [0, 0.05) is 24.8 Å². The summed E-state index contributed by atoms with van der Waals surface area (Å²) in [6.45, 7) is -6.22. The van der Waals surface area contributed by atoms with Gasteiger partial charge in [0.1, 0.15) is 11.5 Å². The van der Waals surface area contributed by atoms with Gasteiger partial charge in [0.05, 0.1) is 0 Å². The third-order valence-electron chi connectivity index (χ3n) is 2.09. The van der Waals surface area contributed by atoms with E-state index in [1.807, 2.05) is 0 Å². The Morgan fingerprint density at radius 3 is 2.40 bits per heavy atom. The second kappa shape index (κ2) is 7.37. The number of alkyl halides is 4. The summed E-state index contributed by atoms with van der Waals surface area (Å²) in [5, 5.41) is 2.29. The molecule has 20 heavy (non-hydrogen) atoms. The number of likely N-dealkylation sites (N-methyl/N-ethyl adjacent to an activating group) is 1. The molecule has 0 bridgehead atoms. The van der Waals surface area contributed by atoms with Crippen LogP contribution in [-0.2, 0) is 4.79 Å². The molecule has 0 aliphatic carbocycles. The first-order valence-electron chi connectivity index (χ1n) is 5.36. The fraction of sp³-hybridized carbons (Fsp3) is 0.250. The topological polar surface area (TPSA) is 47.6 Å². The zero-order chi connectivity index (χ0) is 15.1. The molecule has 0 atom stereocenters. The van der Waals surface area contributed by atoms with Crippen LogP contribution in [0.4, 0.5) is 17.6 Å². The van der Waals surface area contributed by atoms with Crippen LogP contribution in [0.3, 0.4) is 0 Å². The second-order valence-electron chi connectivity index (χ2n) is 3.40. The summed E-state index contributed by atoms with van der Waals surface area (Å²) in [4.78, 5) is 11.0. The number of carbonyl (C=O) groups is 1. The molecule has 0 aliphatic heterocycles. The van der Waals surface area contributed by atoms with Crippen LogP contribution in [0, 0.1) is 0 Å². The lowest BCUT2D eigenvalue weighted by molar-refractivity contribution is -0.116. The van der Waals surface area contributed by atoms with Crippen LogP contribution >= 0.6 is 0 Å². The van der Waals surface area contributed by atoms with Gasteiger partial charge in [-0.15, -0.1) is 0 Å². The van der Waals surface area contributed by atoms with Crippen LogP contribution in [0.2, 0.25) is 0 Å². The van der Waals surface area contributed by atoms with Gasteiger partial charge in [0.25, 0.3) is 0 Å². The van der Waals surface area contributed by atoms with E-state index < -0.39 is 19.1 Å². The maximum atomic E-state index is 12.2. The molecule has 0 saturated heterocycles. The molecular formula is C12H11F4NO3. The number of benzene rings is 1. The zero-order valence-corrected chi connectivity index (χ0v) is 10.3. The third kappa shape index (κ3) is 5.17. The molecule has 1 aromatic carbocycles. The van der Waals surface area contributed by atoms with Crippen molar-refractivity contribution in [3.05, 3.63) is 29.8 Å². The molecule has 0 spiro atoms. The molecule has 0 aromatic heterocycles. The first kappa shape index (κ1) is 15.8. The summed E-state index contributed by atoms with van der Waals surface area (Å²) >= 11 is 0. The Kier molecular flexibility index (Phi) is 5.82. The fourth-order valence-corrected chi connectivity index (χ4v) is 1.28. The minimum atomic E-state index is -3.14. The number of amides is 1. The van der Waals surface area contributed by atoms with Crippen molar-refractivity contribution in [3.63, 3.8) is 0 Å². The van der Waals surface area contributed by atoms with Crippen LogP contribution in [0.1, 0.15) is 5.56 Å². The lowest BCUT2D eigenvalue weighted by Gasteiger charge is -2.11. The van der Waals surface area contributed by atoms with Crippen LogP contribution in [0.5, 0.6) is 11.5 Å². The van der Waals surface area contributed by atoms with Crippen LogP contribution in [0.15, 0.2) is 24.3 Å². The van der Waals surface area contributed by atoms with Crippen molar-refractivity contribution >= 4 is 12.0 Å². The molecule has 0 aliphatic rings. The van der Waals surface area contributed by atoms with Crippen molar-refractivity contribution in [2.45, 2.75) is 13.2 Å². The Morgan fingerprint density at radius 2 is 1.85 bits per heavy atom. The van der Waals surface area contributed by atoms with E-state index in [1.165, 1.54) is 19.2 Å². The monoisotopic (exact) mass is 293 g/mol. The van der Waals surface area contributed by atoms with Crippen molar-refractivity contribution in [1.29, 1.82) is 0 Å².